The van der Waals surface area contributed by atoms with E-state index in [1.165, 1.54) is 0 Å². The molecule has 0 aromatic carbocycles. The monoisotopic (exact) mass is 249 g/mol. The van der Waals surface area contributed by atoms with Gasteiger partial charge in [0.2, 0.25) is 5.91 Å². The highest BCUT2D eigenvalue weighted by Crippen LogP contribution is 2.15. The Kier molecular flexibility index (Phi) is 3.99. The fraction of sp³-hybridized carbons (Fsp3) is 0.500. The summed E-state index contributed by atoms with van der Waals surface area (Å²) in [6.07, 6.45) is 3.61. The van der Waals surface area contributed by atoms with E-state index < -0.39 is 0 Å². The van der Waals surface area contributed by atoms with Crippen molar-refractivity contribution in [3.05, 3.63) is 18.3 Å². The topological polar surface area (TPSA) is 97.3 Å². The van der Waals surface area contributed by atoms with Crippen LogP contribution in [-0.2, 0) is 4.79 Å². The highest BCUT2D eigenvalue weighted by Gasteiger charge is 2.20. The zero-order chi connectivity index (χ0) is 13.0. The normalized spacial score (nSPS) is 17.6. The summed E-state index contributed by atoms with van der Waals surface area (Å²) in [4.78, 5) is 17.1. The third-order valence-electron chi connectivity index (χ3n) is 3.11. The average Bonchev–Trinajstić information content (AvgIpc) is 2.34. The Hall–Kier alpha value is -1.82. The van der Waals surface area contributed by atoms with Crippen molar-refractivity contribution >= 4 is 17.4 Å². The minimum absolute atomic E-state index is 0.262. The summed E-state index contributed by atoms with van der Waals surface area (Å²) in [7, 11) is 0. The number of piperidine rings is 1. The van der Waals surface area contributed by atoms with Crippen LogP contribution in [0.25, 0.3) is 0 Å². The lowest BCUT2D eigenvalue weighted by atomic mass is 10.1. The first-order valence-electron chi connectivity index (χ1n) is 6.12. The molecule has 1 saturated heterocycles. The molecule has 5 N–H and O–H groups in total. The third kappa shape index (κ3) is 3.59. The molecule has 0 unspecified atom stereocenters. The molecule has 1 aliphatic rings. The van der Waals surface area contributed by atoms with E-state index in [0.29, 0.717) is 18.3 Å². The number of primary amides is 1. The molecule has 0 saturated carbocycles. The van der Waals surface area contributed by atoms with Gasteiger partial charge in [0.05, 0.1) is 18.4 Å². The maximum absolute atomic E-state index is 10.8. The highest BCUT2D eigenvalue weighted by atomic mass is 16.1. The molecule has 1 amide bonds. The molecule has 1 aromatic heterocycles. The number of anilines is 2. The number of amides is 1. The maximum Gasteiger partial charge on any atom is 0.231 e. The van der Waals surface area contributed by atoms with E-state index in [1.54, 1.807) is 6.20 Å². The van der Waals surface area contributed by atoms with Crippen LogP contribution in [0.2, 0.25) is 0 Å². The maximum atomic E-state index is 10.8. The van der Waals surface area contributed by atoms with Crippen LogP contribution < -0.4 is 16.8 Å². The number of rotatable bonds is 4. The molecule has 2 heterocycles. The molecule has 0 spiro atoms. The number of nitrogens with two attached hydrogens (primary N) is 2. The molecule has 6 heteroatoms. The standard InChI is InChI=1S/C12H19N5O/c13-9-1-2-12(15-7-9)16-10-3-5-17(6-4-10)8-11(14)18/h1-2,7,10H,3-6,8,13H2,(H2,14,18)(H,15,16). The number of nitrogens with one attached hydrogen (secondary N) is 1. The zero-order valence-corrected chi connectivity index (χ0v) is 10.3. The first kappa shape index (κ1) is 12.6. The van der Waals surface area contributed by atoms with Gasteiger partial charge in [-0.05, 0) is 25.0 Å². The van der Waals surface area contributed by atoms with Crippen molar-refractivity contribution < 1.29 is 4.79 Å². The van der Waals surface area contributed by atoms with Crippen LogP contribution in [0.1, 0.15) is 12.8 Å². The van der Waals surface area contributed by atoms with Gasteiger partial charge in [-0.25, -0.2) is 4.98 Å². The summed E-state index contributed by atoms with van der Waals surface area (Å²) in [5, 5.41) is 3.37. The van der Waals surface area contributed by atoms with E-state index in [-0.39, 0.29) is 5.91 Å². The van der Waals surface area contributed by atoms with Gasteiger partial charge in [0.25, 0.3) is 0 Å². The number of nitrogens with zero attached hydrogens (tertiary/aromatic N) is 2. The molecule has 0 aliphatic carbocycles. The van der Waals surface area contributed by atoms with E-state index in [1.807, 2.05) is 12.1 Å². The van der Waals surface area contributed by atoms with Crippen LogP contribution in [0.3, 0.4) is 0 Å². The second-order valence-corrected chi connectivity index (χ2v) is 4.64. The van der Waals surface area contributed by atoms with Gasteiger partial charge in [0.15, 0.2) is 0 Å². The Bertz CT molecular complexity index is 397. The molecule has 1 fully saturated rings. The van der Waals surface area contributed by atoms with Crippen molar-refractivity contribution in [2.45, 2.75) is 18.9 Å². The Morgan fingerprint density at radius 2 is 2.17 bits per heavy atom. The zero-order valence-electron chi connectivity index (χ0n) is 10.3. The van der Waals surface area contributed by atoms with Gasteiger partial charge in [-0.2, -0.15) is 0 Å². The van der Waals surface area contributed by atoms with Gasteiger partial charge in [-0.1, -0.05) is 0 Å². The van der Waals surface area contributed by atoms with E-state index >= 15 is 0 Å². The Morgan fingerprint density at radius 1 is 1.44 bits per heavy atom. The number of hydrogen-bond acceptors (Lipinski definition) is 5. The van der Waals surface area contributed by atoms with Gasteiger partial charge in [0.1, 0.15) is 5.82 Å². The van der Waals surface area contributed by atoms with Gasteiger partial charge >= 0.3 is 0 Å². The lowest BCUT2D eigenvalue weighted by Crippen LogP contribution is -2.43. The first-order chi connectivity index (χ1) is 8.63. The van der Waals surface area contributed by atoms with Crippen molar-refractivity contribution in [2.24, 2.45) is 5.73 Å². The van der Waals surface area contributed by atoms with Crippen LogP contribution in [0.4, 0.5) is 11.5 Å². The summed E-state index contributed by atoms with van der Waals surface area (Å²) in [5.41, 5.74) is 11.4. The molecular formula is C12H19N5O. The minimum atomic E-state index is -0.262. The predicted molar refractivity (Wildman–Crippen MR) is 70.9 cm³/mol. The summed E-state index contributed by atoms with van der Waals surface area (Å²) in [6.45, 7) is 2.12. The summed E-state index contributed by atoms with van der Waals surface area (Å²) in [5.74, 6) is 0.583. The average molecular weight is 249 g/mol. The molecule has 6 nitrogen and oxygen atoms in total. The van der Waals surface area contributed by atoms with Crippen molar-refractivity contribution in [3.8, 4) is 0 Å². The van der Waals surface area contributed by atoms with Crippen molar-refractivity contribution in [1.82, 2.24) is 9.88 Å². The second-order valence-electron chi connectivity index (χ2n) is 4.64. The van der Waals surface area contributed by atoms with E-state index in [9.17, 15) is 4.79 Å². The quantitative estimate of drug-likeness (QED) is 0.699. The third-order valence-corrected chi connectivity index (χ3v) is 3.11. The van der Waals surface area contributed by atoms with Crippen LogP contribution in [0, 0.1) is 0 Å². The number of carbonyl (C=O) groups is 1. The van der Waals surface area contributed by atoms with Crippen molar-refractivity contribution in [3.63, 3.8) is 0 Å². The number of aromatic nitrogens is 1. The van der Waals surface area contributed by atoms with Crippen LogP contribution in [0.5, 0.6) is 0 Å². The number of hydrogen-bond donors (Lipinski definition) is 3. The Labute approximate surface area is 106 Å². The molecule has 2 rings (SSSR count). The number of pyridine rings is 1. The fourth-order valence-corrected chi connectivity index (χ4v) is 2.16. The number of likely N-dealkylation sites (tertiary alicyclic amines) is 1. The number of nitrogen functional groups attached to an aromatic ring is 1. The van der Waals surface area contributed by atoms with Crippen LogP contribution in [0.15, 0.2) is 18.3 Å². The van der Waals surface area contributed by atoms with Crippen molar-refractivity contribution in [1.29, 1.82) is 0 Å². The van der Waals surface area contributed by atoms with Crippen LogP contribution in [-0.4, -0.2) is 41.5 Å². The van der Waals surface area contributed by atoms with Gasteiger partial charge in [0, 0.05) is 19.1 Å². The summed E-state index contributed by atoms with van der Waals surface area (Å²) < 4.78 is 0. The van der Waals surface area contributed by atoms with E-state index in [0.717, 1.165) is 31.7 Å². The summed E-state index contributed by atoms with van der Waals surface area (Å²) in [6, 6.07) is 4.10. The minimum Gasteiger partial charge on any atom is -0.397 e. The molecular weight excluding hydrogens is 230 g/mol. The van der Waals surface area contributed by atoms with Gasteiger partial charge in [-0.15, -0.1) is 0 Å². The Balaban J connectivity index is 1.79. The van der Waals surface area contributed by atoms with Crippen molar-refractivity contribution in [2.75, 3.05) is 30.7 Å². The lowest BCUT2D eigenvalue weighted by molar-refractivity contribution is -0.119. The Morgan fingerprint density at radius 3 is 2.72 bits per heavy atom. The highest BCUT2D eigenvalue weighted by molar-refractivity contribution is 5.75. The molecule has 18 heavy (non-hydrogen) atoms. The second kappa shape index (κ2) is 5.68. The molecule has 1 aliphatic heterocycles. The van der Waals surface area contributed by atoms with Gasteiger partial charge in [-0.3, -0.25) is 9.69 Å². The fourth-order valence-electron chi connectivity index (χ4n) is 2.16. The van der Waals surface area contributed by atoms with E-state index in [4.69, 9.17) is 11.5 Å². The largest absolute Gasteiger partial charge is 0.397 e. The first-order valence-corrected chi connectivity index (χ1v) is 6.12. The smallest absolute Gasteiger partial charge is 0.231 e. The molecule has 0 bridgehead atoms. The molecule has 98 valence electrons. The summed E-state index contributed by atoms with van der Waals surface area (Å²) >= 11 is 0. The number of carbonyl (C=O) groups excluding carboxylic acids is 1. The van der Waals surface area contributed by atoms with E-state index in [2.05, 4.69) is 15.2 Å². The SMILES string of the molecule is NC(=O)CN1CCC(Nc2ccc(N)cn2)CC1. The van der Waals surface area contributed by atoms with Gasteiger partial charge < -0.3 is 16.8 Å². The molecule has 0 atom stereocenters. The molecule has 1 aromatic rings. The predicted octanol–water partition coefficient (Wildman–Crippen LogP) is 0.0254. The molecule has 0 radical (unpaired) electrons. The van der Waals surface area contributed by atoms with Crippen LogP contribution >= 0.6 is 0 Å². The lowest BCUT2D eigenvalue weighted by Gasteiger charge is -2.31.